The number of amides is 1. The van der Waals surface area contributed by atoms with Crippen LogP contribution < -0.4 is 10.2 Å². The molecule has 9 heteroatoms. The molecule has 2 N–H and O–H groups in total. The van der Waals surface area contributed by atoms with E-state index in [1.807, 2.05) is 27.2 Å². The summed E-state index contributed by atoms with van der Waals surface area (Å²) in [5, 5.41) is 13.9. The van der Waals surface area contributed by atoms with Crippen molar-refractivity contribution >= 4 is 13.7 Å². The number of nitrogens with zero attached hydrogens (tertiary/aromatic N) is 1. The van der Waals surface area contributed by atoms with Gasteiger partial charge in [-0.15, -0.1) is 0 Å². The maximum atomic E-state index is 13.0. The lowest BCUT2D eigenvalue weighted by molar-refractivity contribution is -0.870. The summed E-state index contributed by atoms with van der Waals surface area (Å²) in [4.78, 5) is 25.6. The van der Waals surface area contributed by atoms with Gasteiger partial charge >= 0.3 is 0 Å². The highest BCUT2D eigenvalue weighted by molar-refractivity contribution is 7.45. The molecule has 0 aromatic rings. The third-order valence-electron chi connectivity index (χ3n) is 14.7. The van der Waals surface area contributed by atoms with E-state index >= 15 is 0 Å². The number of carbonyl (C=O) groups is 1. The molecular formula is C62H125N2O6P. The number of allylic oxidation sites excluding steroid dienone is 1. The van der Waals surface area contributed by atoms with Crippen LogP contribution in [-0.4, -0.2) is 68.5 Å². The number of aliphatic hydroxyl groups is 1. The summed E-state index contributed by atoms with van der Waals surface area (Å²) in [6, 6.07) is -0.883. The minimum atomic E-state index is -4.60. The molecule has 3 atom stereocenters. The Balaban J connectivity index is 4.11. The van der Waals surface area contributed by atoms with E-state index in [4.69, 9.17) is 9.05 Å². The fourth-order valence-electron chi connectivity index (χ4n) is 9.81. The third kappa shape index (κ3) is 56.8. The Morgan fingerprint density at radius 1 is 0.479 bits per heavy atom. The Hall–Kier alpha value is -0.760. The zero-order valence-corrected chi connectivity index (χ0v) is 49.4. The van der Waals surface area contributed by atoms with E-state index in [-0.39, 0.29) is 19.1 Å². The summed E-state index contributed by atoms with van der Waals surface area (Å²) in [6.07, 6.45) is 67.3. The van der Waals surface area contributed by atoms with Gasteiger partial charge in [-0.05, 0) is 19.3 Å². The maximum absolute atomic E-state index is 13.0. The van der Waals surface area contributed by atoms with Crippen molar-refractivity contribution in [3.8, 4) is 0 Å². The average Bonchev–Trinajstić information content (AvgIpc) is 3.33. The Bertz CT molecular complexity index is 1160. The highest BCUT2D eigenvalue weighted by Crippen LogP contribution is 2.38. The van der Waals surface area contributed by atoms with Crippen LogP contribution in [0.25, 0.3) is 0 Å². The molecule has 0 aromatic heterocycles. The van der Waals surface area contributed by atoms with Crippen LogP contribution in [0.2, 0.25) is 0 Å². The molecule has 0 heterocycles. The van der Waals surface area contributed by atoms with Crippen molar-refractivity contribution in [2.45, 2.75) is 341 Å². The van der Waals surface area contributed by atoms with Crippen LogP contribution in [0.1, 0.15) is 328 Å². The molecule has 0 radical (unpaired) electrons. The first-order valence-electron chi connectivity index (χ1n) is 31.6. The number of hydrogen-bond acceptors (Lipinski definition) is 6. The van der Waals surface area contributed by atoms with E-state index in [9.17, 15) is 19.4 Å². The second-order valence-corrected chi connectivity index (χ2v) is 24.5. The first-order chi connectivity index (χ1) is 34.5. The molecule has 0 aliphatic carbocycles. The Morgan fingerprint density at radius 3 is 1.06 bits per heavy atom. The number of rotatable bonds is 59. The molecule has 3 unspecified atom stereocenters. The fourth-order valence-corrected chi connectivity index (χ4v) is 10.5. The minimum Gasteiger partial charge on any atom is -0.756 e. The summed E-state index contributed by atoms with van der Waals surface area (Å²) in [7, 11) is 1.28. The molecule has 424 valence electrons. The van der Waals surface area contributed by atoms with E-state index < -0.39 is 20.0 Å². The zero-order chi connectivity index (χ0) is 52.0. The van der Waals surface area contributed by atoms with Gasteiger partial charge in [-0.25, -0.2) is 0 Å². The smallest absolute Gasteiger partial charge is 0.268 e. The van der Waals surface area contributed by atoms with Gasteiger partial charge in [0.25, 0.3) is 7.82 Å². The molecule has 1 amide bonds. The number of carbonyl (C=O) groups excluding carboxylic acids is 1. The standard InChI is InChI=1S/C62H125N2O6P/c1-6-8-10-12-14-16-18-20-22-24-26-28-30-31-32-34-36-38-40-42-44-46-48-50-52-54-56-62(66)63-60(59-70-71(67,68)69-58-57-64(3,4)5)61(65)55-53-51-49-47-45-43-41-39-37-35-33-29-27-25-23-21-19-17-15-13-11-9-7-2/h53,55,60-61,65H,6-52,54,56-59H2,1-5H3,(H-,63,66,67,68)/b55-53+. The number of likely N-dealkylation sites (N-methyl/N-ethyl adjacent to an activating group) is 1. The highest BCUT2D eigenvalue weighted by Gasteiger charge is 2.23. The molecule has 0 aliphatic heterocycles. The van der Waals surface area contributed by atoms with Crippen molar-refractivity contribution in [1.29, 1.82) is 0 Å². The summed E-state index contributed by atoms with van der Waals surface area (Å²) in [5.74, 6) is -0.188. The number of unbranched alkanes of at least 4 members (excludes halogenated alkanes) is 46. The predicted octanol–water partition coefficient (Wildman–Crippen LogP) is 18.8. The van der Waals surface area contributed by atoms with Crippen molar-refractivity contribution in [2.75, 3.05) is 40.9 Å². The molecule has 8 nitrogen and oxygen atoms in total. The van der Waals surface area contributed by atoms with Gasteiger partial charge in [0.15, 0.2) is 0 Å². The van der Waals surface area contributed by atoms with Crippen LogP contribution in [0, 0.1) is 0 Å². The van der Waals surface area contributed by atoms with Gasteiger partial charge in [0, 0.05) is 6.42 Å². The zero-order valence-electron chi connectivity index (χ0n) is 48.5. The minimum absolute atomic E-state index is 0.00286. The Labute approximate surface area is 443 Å². The van der Waals surface area contributed by atoms with Crippen LogP contribution >= 0.6 is 7.82 Å². The predicted molar refractivity (Wildman–Crippen MR) is 307 cm³/mol. The number of hydrogen-bond donors (Lipinski definition) is 2. The van der Waals surface area contributed by atoms with E-state index in [0.29, 0.717) is 17.4 Å². The van der Waals surface area contributed by atoms with Gasteiger partial charge in [0.2, 0.25) is 5.91 Å². The SMILES string of the molecule is CCCCCCCCCCCCCCCCCCCCCCC/C=C/C(O)C(COP(=O)([O-])OCC[N+](C)(C)C)NC(=O)CCCCCCCCCCCCCCCCCCCCCCCCCCCC. The molecule has 0 bridgehead atoms. The van der Waals surface area contributed by atoms with Crippen LogP contribution in [0.5, 0.6) is 0 Å². The van der Waals surface area contributed by atoms with Crippen LogP contribution in [0.15, 0.2) is 12.2 Å². The van der Waals surface area contributed by atoms with Crippen LogP contribution in [-0.2, 0) is 18.4 Å². The molecule has 0 aromatic carbocycles. The van der Waals surface area contributed by atoms with Crippen molar-refractivity contribution in [2.24, 2.45) is 0 Å². The van der Waals surface area contributed by atoms with Gasteiger partial charge in [-0.2, -0.15) is 0 Å². The van der Waals surface area contributed by atoms with Gasteiger partial charge in [-0.3, -0.25) is 9.36 Å². The second-order valence-electron chi connectivity index (χ2n) is 23.1. The van der Waals surface area contributed by atoms with Crippen LogP contribution in [0.4, 0.5) is 0 Å². The van der Waals surface area contributed by atoms with Crippen molar-refractivity contribution in [3.63, 3.8) is 0 Å². The molecule has 0 aliphatic rings. The van der Waals surface area contributed by atoms with Crippen molar-refractivity contribution < 1.29 is 32.9 Å². The van der Waals surface area contributed by atoms with Crippen LogP contribution in [0.3, 0.4) is 0 Å². The lowest BCUT2D eigenvalue weighted by Crippen LogP contribution is -2.45. The molecular weight excluding hydrogens is 900 g/mol. The van der Waals surface area contributed by atoms with Crippen molar-refractivity contribution in [1.82, 2.24) is 5.32 Å². The summed E-state index contributed by atoms with van der Waals surface area (Å²) < 4.78 is 23.4. The Kier molecular flexibility index (Phi) is 53.5. The number of quaternary nitrogens is 1. The molecule has 0 spiro atoms. The van der Waals surface area contributed by atoms with E-state index in [0.717, 1.165) is 38.5 Å². The normalized spacial score (nSPS) is 13.8. The first-order valence-corrected chi connectivity index (χ1v) is 33.0. The molecule has 0 fully saturated rings. The highest BCUT2D eigenvalue weighted by atomic mass is 31.2. The van der Waals surface area contributed by atoms with Crippen molar-refractivity contribution in [3.05, 3.63) is 12.2 Å². The number of nitrogens with one attached hydrogen (secondary N) is 1. The summed E-state index contributed by atoms with van der Waals surface area (Å²) in [5.41, 5.74) is 0. The van der Waals surface area contributed by atoms with E-state index in [2.05, 4.69) is 19.2 Å². The second kappa shape index (κ2) is 54.0. The van der Waals surface area contributed by atoms with Gasteiger partial charge < -0.3 is 28.8 Å². The number of phosphoric acid groups is 1. The summed E-state index contributed by atoms with van der Waals surface area (Å²) in [6.45, 7) is 4.71. The fraction of sp³-hybridized carbons (Fsp3) is 0.952. The lowest BCUT2D eigenvalue weighted by Gasteiger charge is -2.29. The van der Waals surface area contributed by atoms with Gasteiger partial charge in [0.05, 0.1) is 39.9 Å². The quantitative estimate of drug-likeness (QED) is 0.0272. The average molecular weight is 1030 g/mol. The van der Waals surface area contributed by atoms with E-state index in [1.165, 1.54) is 270 Å². The lowest BCUT2D eigenvalue weighted by atomic mass is 10.0. The first kappa shape index (κ1) is 70.2. The van der Waals surface area contributed by atoms with E-state index in [1.54, 1.807) is 6.08 Å². The maximum Gasteiger partial charge on any atom is 0.268 e. The third-order valence-corrected chi connectivity index (χ3v) is 15.7. The molecule has 0 rings (SSSR count). The topological polar surface area (TPSA) is 108 Å². The molecule has 0 saturated carbocycles. The Morgan fingerprint density at radius 2 is 0.761 bits per heavy atom. The van der Waals surface area contributed by atoms with Gasteiger partial charge in [-0.1, -0.05) is 315 Å². The summed E-state index contributed by atoms with van der Waals surface area (Å²) >= 11 is 0. The molecule has 0 saturated heterocycles. The monoisotopic (exact) mass is 1020 g/mol. The number of aliphatic hydroxyl groups excluding tert-OH is 1. The largest absolute Gasteiger partial charge is 0.756 e. The van der Waals surface area contributed by atoms with Gasteiger partial charge in [0.1, 0.15) is 13.2 Å². The molecule has 71 heavy (non-hydrogen) atoms. The number of phosphoric ester groups is 1.